The summed E-state index contributed by atoms with van der Waals surface area (Å²) >= 11 is 1.57. The van der Waals surface area contributed by atoms with Gasteiger partial charge in [0.15, 0.2) is 0 Å². The lowest BCUT2D eigenvalue weighted by molar-refractivity contribution is -0.0499. The van der Waals surface area contributed by atoms with Crippen LogP contribution in [0.25, 0.3) is 0 Å². The average molecular weight is 311 g/mol. The molecule has 0 saturated heterocycles. The van der Waals surface area contributed by atoms with Crippen LogP contribution in [-0.2, 0) is 6.54 Å². The predicted molar refractivity (Wildman–Crippen MR) is 77.8 cm³/mol. The van der Waals surface area contributed by atoms with Crippen molar-refractivity contribution < 1.29 is 18.3 Å². The molecule has 3 nitrogen and oxygen atoms in total. The van der Waals surface area contributed by atoms with E-state index in [9.17, 15) is 13.6 Å². The summed E-state index contributed by atoms with van der Waals surface area (Å²) in [5.41, 5.74) is 0.339. The molecule has 112 valence electrons. The van der Waals surface area contributed by atoms with Crippen molar-refractivity contribution in [2.24, 2.45) is 0 Å². The highest BCUT2D eigenvalue weighted by atomic mass is 32.1. The number of amides is 1. The van der Waals surface area contributed by atoms with Crippen LogP contribution in [0.5, 0.6) is 5.75 Å². The highest BCUT2D eigenvalue weighted by Crippen LogP contribution is 2.19. The van der Waals surface area contributed by atoms with Gasteiger partial charge in [0, 0.05) is 17.0 Å². The van der Waals surface area contributed by atoms with E-state index in [0.29, 0.717) is 18.7 Å². The summed E-state index contributed by atoms with van der Waals surface area (Å²) in [6.45, 7) is 0.0259. The highest BCUT2D eigenvalue weighted by molar-refractivity contribution is 7.09. The van der Waals surface area contributed by atoms with Crippen molar-refractivity contribution in [1.82, 2.24) is 4.90 Å². The number of halogens is 2. The minimum Gasteiger partial charge on any atom is -0.435 e. The number of ether oxygens (including phenoxy) is 1. The largest absolute Gasteiger partial charge is 0.435 e. The maximum atomic E-state index is 12.4. The number of hydrogen-bond acceptors (Lipinski definition) is 3. The summed E-state index contributed by atoms with van der Waals surface area (Å²) in [6.07, 6.45) is 0. The Bertz CT molecular complexity index is 587. The van der Waals surface area contributed by atoms with Gasteiger partial charge in [-0.2, -0.15) is 8.78 Å². The Balaban J connectivity index is 2.13. The van der Waals surface area contributed by atoms with Crippen molar-refractivity contribution in [1.29, 1.82) is 0 Å². The van der Waals surface area contributed by atoms with Gasteiger partial charge in [-0.15, -0.1) is 11.3 Å². The third kappa shape index (κ3) is 4.26. The van der Waals surface area contributed by atoms with Gasteiger partial charge < -0.3 is 9.64 Å². The maximum absolute atomic E-state index is 12.4. The van der Waals surface area contributed by atoms with Gasteiger partial charge in [-0.25, -0.2) is 0 Å². The average Bonchev–Trinajstić information content (AvgIpc) is 2.96. The molecule has 0 bridgehead atoms. The lowest BCUT2D eigenvalue weighted by Gasteiger charge is -2.20. The van der Waals surface area contributed by atoms with Crippen LogP contribution in [0.1, 0.15) is 22.2 Å². The van der Waals surface area contributed by atoms with E-state index in [1.807, 2.05) is 24.4 Å². The SMILES string of the molecule is CCN(Cc1cccs1)C(=O)c1cccc(OC(F)F)c1. The molecule has 1 heterocycles. The number of carbonyl (C=O) groups is 1. The van der Waals surface area contributed by atoms with E-state index in [0.717, 1.165) is 4.88 Å². The molecule has 2 rings (SSSR count). The van der Waals surface area contributed by atoms with Crippen LogP contribution < -0.4 is 4.74 Å². The molecule has 0 radical (unpaired) electrons. The zero-order chi connectivity index (χ0) is 15.2. The third-order valence-electron chi connectivity index (χ3n) is 2.90. The first-order valence-corrected chi connectivity index (χ1v) is 7.34. The maximum Gasteiger partial charge on any atom is 0.387 e. The number of hydrogen-bond donors (Lipinski definition) is 0. The number of nitrogens with zero attached hydrogens (tertiary/aromatic N) is 1. The van der Waals surface area contributed by atoms with Crippen LogP contribution >= 0.6 is 11.3 Å². The Morgan fingerprint density at radius 1 is 1.33 bits per heavy atom. The molecular formula is C15H15F2NO2S. The van der Waals surface area contributed by atoms with E-state index >= 15 is 0 Å². The fourth-order valence-corrected chi connectivity index (χ4v) is 2.63. The second-order valence-electron chi connectivity index (χ2n) is 4.31. The fourth-order valence-electron chi connectivity index (χ4n) is 1.91. The van der Waals surface area contributed by atoms with Crippen LogP contribution in [0.2, 0.25) is 0 Å². The minimum absolute atomic E-state index is 0.0111. The fraction of sp³-hybridized carbons (Fsp3) is 0.267. The van der Waals surface area contributed by atoms with Crippen molar-refractivity contribution in [3.05, 3.63) is 52.2 Å². The van der Waals surface area contributed by atoms with Gasteiger partial charge in [-0.05, 0) is 36.6 Å². The zero-order valence-corrected chi connectivity index (χ0v) is 12.3. The second-order valence-corrected chi connectivity index (χ2v) is 5.34. The van der Waals surface area contributed by atoms with E-state index in [4.69, 9.17) is 0 Å². The molecule has 0 aliphatic heterocycles. The smallest absolute Gasteiger partial charge is 0.387 e. The number of rotatable bonds is 6. The Kier molecular flexibility index (Phi) is 5.27. The lowest BCUT2D eigenvalue weighted by atomic mass is 10.2. The van der Waals surface area contributed by atoms with Crippen molar-refractivity contribution in [3.63, 3.8) is 0 Å². The molecule has 1 aromatic heterocycles. The molecule has 2 aromatic rings. The molecule has 1 aromatic carbocycles. The zero-order valence-electron chi connectivity index (χ0n) is 11.5. The lowest BCUT2D eigenvalue weighted by Crippen LogP contribution is -2.30. The van der Waals surface area contributed by atoms with Gasteiger partial charge in [-0.1, -0.05) is 12.1 Å². The quantitative estimate of drug-likeness (QED) is 0.806. The first-order chi connectivity index (χ1) is 10.1. The van der Waals surface area contributed by atoms with E-state index in [1.54, 1.807) is 22.3 Å². The number of thiophene rings is 1. The Labute approximate surface area is 125 Å². The molecule has 0 fully saturated rings. The molecule has 0 atom stereocenters. The highest BCUT2D eigenvalue weighted by Gasteiger charge is 2.16. The summed E-state index contributed by atoms with van der Waals surface area (Å²) in [5, 5.41) is 1.95. The monoisotopic (exact) mass is 311 g/mol. The molecule has 6 heteroatoms. The standard InChI is InChI=1S/C15H15F2NO2S/c1-2-18(10-13-7-4-8-21-13)14(19)11-5-3-6-12(9-11)20-15(16)17/h3-9,15H,2,10H2,1H3. The van der Waals surface area contributed by atoms with E-state index < -0.39 is 6.61 Å². The first-order valence-electron chi connectivity index (χ1n) is 6.46. The second kappa shape index (κ2) is 7.17. The molecule has 0 N–H and O–H groups in total. The first kappa shape index (κ1) is 15.4. The molecule has 1 amide bonds. The van der Waals surface area contributed by atoms with Crippen LogP contribution in [-0.4, -0.2) is 24.0 Å². The number of benzene rings is 1. The summed E-state index contributed by atoms with van der Waals surface area (Å²) in [5.74, 6) is -0.214. The Morgan fingerprint density at radius 2 is 2.14 bits per heavy atom. The minimum atomic E-state index is -2.90. The molecule has 0 spiro atoms. The third-order valence-corrected chi connectivity index (χ3v) is 3.76. The van der Waals surface area contributed by atoms with Crippen molar-refractivity contribution in [2.75, 3.05) is 6.54 Å². The number of alkyl halides is 2. The van der Waals surface area contributed by atoms with Gasteiger partial charge >= 0.3 is 6.61 Å². The predicted octanol–water partition coefficient (Wildman–Crippen LogP) is 4.01. The van der Waals surface area contributed by atoms with E-state index in [2.05, 4.69) is 4.74 Å². The van der Waals surface area contributed by atoms with Gasteiger partial charge in [-0.3, -0.25) is 4.79 Å². The van der Waals surface area contributed by atoms with Gasteiger partial charge in [0.1, 0.15) is 5.75 Å². The van der Waals surface area contributed by atoms with E-state index in [1.165, 1.54) is 18.2 Å². The van der Waals surface area contributed by atoms with Crippen molar-refractivity contribution >= 4 is 17.2 Å². The molecule has 0 saturated carbocycles. The van der Waals surface area contributed by atoms with Crippen LogP contribution in [0.4, 0.5) is 8.78 Å². The van der Waals surface area contributed by atoms with E-state index in [-0.39, 0.29) is 11.7 Å². The van der Waals surface area contributed by atoms with Crippen LogP contribution in [0.15, 0.2) is 41.8 Å². The summed E-state index contributed by atoms with van der Waals surface area (Å²) in [7, 11) is 0. The number of carbonyl (C=O) groups excluding carboxylic acids is 1. The van der Waals surface area contributed by atoms with Gasteiger partial charge in [0.25, 0.3) is 5.91 Å². The summed E-state index contributed by atoms with van der Waals surface area (Å²) in [6, 6.07) is 9.75. The molecule has 0 aliphatic carbocycles. The topological polar surface area (TPSA) is 29.5 Å². The molecule has 0 aliphatic rings. The summed E-state index contributed by atoms with van der Waals surface area (Å²) < 4.78 is 28.8. The Morgan fingerprint density at radius 3 is 2.76 bits per heavy atom. The van der Waals surface area contributed by atoms with Gasteiger partial charge in [0.05, 0.1) is 6.54 Å². The molecule has 21 heavy (non-hydrogen) atoms. The molecular weight excluding hydrogens is 296 g/mol. The van der Waals surface area contributed by atoms with Crippen molar-refractivity contribution in [3.8, 4) is 5.75 Å². The molecule has 0 unspecified atom stereocenters. The van der Waals surface area contributed by atoms with Crippen LogP contribution in [0, 0.1) is 0 Å². The normalized spacial score (nSPS) is 10.7. The van der Waals surface area contributed by atoms with Gasteiger partial charge in [0.2, 0.25) is 0 Å². The van der Waals surface area contributed by atoms with Crippen LogP contribution in [0.3, 0.4) is 0 Å². The summed E-state index contributed by atoms with van der Waals surface area (Å²) in [4.78, 5) is 15.2. The van der Waals surface area contributed by atoms with Crippen molar-refractivity contribution in [2.45, 2.75) is 20.1 Å². The Hall–Kier alpha value is -1.95.